The Morgan fingerprint density at radius 2 is 1.76 bits per heavy atom. The highest BCUT2D eigenvalue weighted by molar-refractivity contribution is 6.04. The maximum Gasteiger partial charge on any atom is 0.255 e. The Bertz CT molecular complexity index is 1420. The van der Waals surface area contributed by atoms with Crippen molar-refractivity contribution in [3.8, 4) is 33.9 Å². The number of carbonyl (C=O) groups excluding carboxylic acids is 1. The molecule has 0 fully saturated rings. The van der Waals surface area contributed by atoms with Gasteiger partial charge in [-0.15, -0.1) is 0 Å². The molecule has 0 saturated heterocycles. The Balaban J connectivity index is 1.38. The number of hydrogen-bond acceptors (Lipinski definition) is 4. The van der Waals surface area contributed by atoms with Gasteiger partial charge in [0.1, 0.15) is 23.1 Å². The van der Waals surface area contributed by atoms with Gasteiger partial charge < -0.3 is 14.8 Å². The summed E-state index contributed by atoms with van der Waals surface area (Å²) < 4.78 is 18.8. The standard InChI is InChI=1S/C26H19FN4O2/c1-16-23(24(31-33-16)17-6-3-2-4-7-17)22-15-28-25(30-22)18-10-12-19(13-11-18)26(32)29-21-9-5-8-20(27)14-21/h2-15H,1H3,(H,28,30)(H,29,32). The predicted octanol–water partition coefficient (Wildman–Crippen LogP) is 6.10. The largest absolute Gasteiger partial charge is 0.360 e. The third kappa shape index (κ3) is 4.16. The van der Waals surface area contributed by atoms with Crippen LogP contribution >= 0.6 is 0 Å². The van der Waals surface area contributed by atoms with Gasteiger partial charge in [-0.05, 0) is 37.3 Å². The van der Waals surface area contributed by atoms with E-state index in [0.29, 0.717) is 22.8 Å². The number of amides is 1. The van der Waals surface area contributed by atoms with E-state index in [1.165, 1.54) is 12.1 Å². The monoisotopic (exact) mass is 438 g/mol. The molecule has 162 valence electrons. The second kappa shape index (κ2) is 8.55. The third-order valence-electron chi connectivity index (χ3n) is 5.26. The quantitative estimate of drug-likeness (QED) is 0.347. The van der Waals surface area contributed by atoms with Crippen LogP contribution < -0.4 is 5.32 Å². The van der Waals surface area contributed by atoms with Crippen LogP contribution in [-0.4, -0.2) is 21.0 Å². The number of hydrogen-bond donors (Lipinski definition) is 2. The molecule has 0 spiro atoms. The SMILES string of the molecule is Cc1onc(-c2ccccc2)c1-c1cnc(-c2ccc(C(=O)Nc3cccc(F)c3)cc2)[nH]1. The first-order valence-electron chi connectivity index (χ1n) is 10.3. The van der Waals surface area contributed by atoms with E-state index >= 15 is 0 Å². The van der Waals surface area contributed by atoms with E-state index in [4.69, 9.17) is 4.52 Å². The topological polar surface area (TPSA) is 83.8 Å². The fourth-order valence-corrected chi connectivity index (χ4v) is 3.63. The van der Waals surface area contributed by atoms with Crippen molar-refractivity contribution in [1.82, 2.24) is 15.1 Å². The van der Waals surface area contributed by atoms with Gasteiger partial charge in [0.25, 0.3) is 5.91 Å². The van der Waals surface area contributed by atoms with Crippen molar-refractivity contribution in [3.63, 3.8) is 0 Å². The van der Waals surface area contributed by atoms with Gasteiger partial charge in [0, 0.05) is 22.4 Å². The minimum atomic E-state index is -0.407. The zero-order valence-electron chi connectivity index (χ0n) is 17.7. The second-order valence-electron chi connectivity index (χ2n) is 7.52. The number of rotatable bonds is 5. The van der Waals surface area contributed by atoms with Crippen molar-refractivity contribution >= 4 is 11.6 Å². The molecule has 0 atom stereocenters. The van der Waals surface area contributed by atoms with Crippen LogP contribution in [0.4, 0.5) is 10.1 Å². The Labute approximate surface area is 189 Å². The van der Waals surface area contributed by atoms with E-state index in [1.54, 1.807) is 30.5 Å². The third-order valence-corrected chi connectivity index (χ3v) is 5.26. The first-order valence-corrected chi connectivity index (χ1v) is 10.3. The van der Waals surface area contributed by atoms with Gasteiger partial charge in [-0.2, -0.15) is 0 Å². The molecular formula is C26H19FN4O2. The molecule has 0 aliphatic heterocycles. The summed E-state index contributed by atoms with van der Waals surface area (Å²) in [5.74, 6) is 0.616. The highest BCUT2D eigenvalue weighted by atomic mass is 19.1. The molecule has 0 bridgehead atoms. The predicted molar refractivity (Wildman–Crippen MR) is 124 cm³/mol. The van der Waals surface area contributed by atoms with E-state index in [2.05, 4.69) is 20.4 Å². The van der Waals surface area contributed by atoms with Crippen molar-refractivity contribution < 1.29 is 13.7 Å². The second-order valence-corrected chi connectivity index (χ2v) is 7.52. The van der Waals surface area contributed by atoms with Crippen molar-refractivity contribution in [2.24, 2.45) is 0 Å². The fraction of sp³-hybridized carbons (Fsp3) is 0.0385. The van der Waals surface area contributed by atoms with E-state index in [9.17, 15) is 9.18 Å². The van der Waals surface area contributed by atoms with Crippen LogP contribution in [0.2, 0.25) is 0 Å². The van der Waals surface area contributed by atoms with Gasteiger partial charge in [-0.3, -0.25) is 4.79 Å². The summed E-state index contributed by atoms with van der Waals surface area (Å²) in [7, 11) is 0. The zero-order valence-corrected chi connectivity index (χ0v) is 17.7. The van der Waals surface area contributed by atoms with E-state index in [-0.39, 0.29) is 5.91 Å². The normalized spacial score (nSPS) is 10.8. The maximum atomic E-state index is 13.3. The summed E-state index contributed by atoms with van der Waals surface area (Å²) in [4.78, 5) is 20.3. The van der Waals surface area contributed by atoms with Crippen LogP contribution in [0.1, 0.15) is 16.1 Å². The molecule has 0 saturated carbocycles. The molecule has 2 N–H and O–H groups in total. The molecule has 0 aliphatic rings. The van der Waals surface area contributed by atoms with E-state index < -0.39 is 5.82 Å². The number of nitrogens with one attached hydrogen (secondary N) is 2. The summed E-state index contributed by atoms with van der Waals surface area (Å²) in [6, 6.07) is 22.6. The Morgan fingerprint density at radius 3 is 2.52 bits per heavy atom. The first-order chi connectivity index (χ1) is 16.1. The van der Waals surface area contributed by atoms with Gasteiger partial charge in [0.2, 0.25) is 0 Å². The number of aromatic nitrogens is 3. The highest BCUT2D eigenvalue weighted by Gasteiger charge is 2.19. The average molecular weight is 438 g/mol. The lowest BCUT2D eigenvalue weighted by molar-refractivity contribution is 0.102. The molecule has 0 unspecified atom stereocenters. The van der Waals surface area contributed by atoms with Crippen molar-refractivity contribution in [2.75, 3.05) is 5.32 Å². The first kappa shape index (κ1) is 20.4. The molecule has 7 heteroatoms. The Hall–Kier alpha value is -4.52. The molecule has 5 rings (SSSR count). The molecule has 0 aliphatic carbocycles. The number of halogens is 1. The van der Waals surface area contributed by atoms with Crippen molar-refractivity contribution in [2.45, 2.75) is 6.92 Å². The lowest BCUT2D eigenvalue weighted by Gasteiger charge is -2.06. The average Bonchev–Trinajstić information content (AvgIpc) is 3.46. The molecule has 0 radical (unpaired) electrons. The molecule has 33 heavy (non-hydrogen) atoms. The number of benzene rings is 3. The summed E-state index contributed by atoms with van der Waals surface area (Å²) in [6.45, 7) is 1.86. The molecule has 2 heterocycles. The Kier molecular flexibility index (Phi) is 5.28. The van der Waals surface area contributed by atoms with E-state index in [1.807, 2.05) is 49.4 Å². The number of aromatic amines is 1. The lowest BCUT2D eigenvalue weighted by atomic mass is 10.0. The van der Waals surface area contributed by atoms with Gasteiger partial charge >= 0.3 is 0 Å². The number of H-pyrrole nitrogens is 1. The van der Waals surface area contributed by atoms with E-state index in [0.717, 1.165) is 28.1 Å². The summed E-state index contributed by atoms with van der Waals surface area (Å²) in [6.07, 6.45) is 1.74. The van der Waals surface area contributed by atoms with Gasteiger partial charge in [-0.25, -0.2) is 9.37 Å². The lowest BCUT2D eigenvalue weighted by Crippen LogP contribution is -2.11. The van der Waals surface area contributed by atoms with Crippen LogP contribution in [0.15, 0.2) is 89.6 Å². The van der Waals surface area contributed by atoms with Gasteiger partial charge in [0.05, 0.1) is 17.5 Å². The Morgan fingerprint density at radius 1 is 0.970 bits per heavy atom. The van der Waals surface area contributed by atoms with Gasteiger partial charge in [0.15, 0.2) is 0 Å². The summed E-state index contributed by atoms with van der Waals surface area (Å²) in [5, 5.41) is 6.91. The van der Waals surface area contributed by atoms with Crippen molar-refractivity contribution in [1.29, 1.82) is 0 Å². The molecule has 1 amide bonds. The number of aryl methyl sites for hydroxylation is 1. The van der Waals surface area contributed by atoms with Crippen LogP contribution in [0.3, 0.4) is 0 Å². The van der Waals surface area contributed by atoms with Crippen LogP contribution in [-0.2, 0) is 0 Å². The zero-order chi connectivity index (χ0) is 22.8. The number of nitrogens with zero attached hydrogens (tertiary/aromatic N) is 2. The number of carbonyl (C=O) groups is 1. The molecular weight excluding hydrogens is 419 g/mol. The molecule has 3 aromatic carbocycles. The maximum absolute atomic E-state index is 13.3. The number of imidazole rings is 1. The number of anilines is 1. The minimum Gasteiger partial charge on any atom is -0.360 e. The minimum absolute atomic E-state index is 0.320. The summed E-state index contributed by atoms with van der Waals surface area (Å²) in [5.41, 5.74) is 5.01. The molecule has 5 aromatic rings. The summed E-state index contributed by atoms with van der Waals surface area (Å²) >= 11 is 0. The van der Waals surface area contributed by atoms with Crippen molar-refractivity contribution in [3.05, 3.63) is 102 Å². The smallest absolute Gasteiger partial charge is 0.255 e. The molecule has 2 aromatic heterocycles. The van der Waals surface area contributed by atoms with Crippen LogP contribution in [0.5, 0.6) is 0 Å². The van der Waals surface area contributed by atoms with Gasteiger partial charge in [-0.1, -0.05) is 53.7 Å². The van der Waals surface area contributed by atoms with Crippen LogP contribution in [0.25, 0.3) is 33.9 Å². The highest BCUT2D eigenvalue weighted by Crippen LogP contribution is 2.34. The molecule has 6 nitrogen and oxygen atoms in total. The van der Waals surface area contributed by atoms with Crippen LogP contribution in [0, 0.1) is 12.7 Å². The fourth-order valence-electron chi connectivity index (χ4n) is 3.63.